The van der Waals surface area contributed by atoms with Gasteiger partial charge in [0.25, 0.3) is 0 Å². The van der Waals surface area contributed by atoms with E-state index in [-0.39, 0.29) is 40.5 Å². The fraction of sp³-hybridized carbons (Fsp3) is 1.00. The molecule has 2 N–H and O–H groups in total. The van der Waals surface area contributed by atoms with Crippen LogP contribution >= 0.6 is 0 Å². The minimum Gasteiger partial charge on any atom is -0.415 e. The van der Waals surface area contributed by atoms with Crippen molar-refractivity contribution < 1.29 is 23.4 Å². The standard InChI is InChI=1S/C23H49NO5Si2/c1-15(25)18(29-31(12,13)22(5,6)7)17-20-19(27-23(8,9)28-20)16(24-17)14-26-30(10,11)21(2,3)4/h15-20,24-25H,14H2,1-13H3/t15?,16-,17-,18+,19-,20+/m1/s1. The first-order valence-corrected chi connectivity index (χ1v) is 17.6. The Bertz CT molecular complexity index is 624. The topological polar surface area (TPSA) is 69.2 Å². The Morgan fingerprint density at radius 1 is 0.935 bits per heavy atom. The molecule has 8 heteroatoms. The van der Waals surface area contributed by atoms with Crippen molar-refractivity contribution in [1.82, 2.24) is 5.32 Å². The Labute approximate surface area is 193 Å². The van der Waals surface area contributed by atoms with Gasteiger partial charge in [0.2, 0.25) is 0 Å². The molecule has 31 heavy (non-hydrogen) atoms. The zero-order valence-electron chi connectivity index (χ0n) is 22.3. The molecule has 2 aliphatic heterocycles. The highest BCUT2D eigenvalue weighted by Gasteiger charge is 2.58. The van der Waals surface area contributed by atoms with Crippen LogP contribution in [0.15, 0.2) is 0 Å². The first-order valence-electron chi connectivity index (χ1n) is 11.8. The monoisotopic (exact) mass is 475 g/mol. The predicted octanol–water partition coefficient (Wildman–Crippen LogP) is 4.64. The molecule has 0 radical (unpaired) electrons. The van der Waals surface area contributed by atoms with Gasteiger partial charge in [0.05, 0.1) is 30.9 Å². The van der Waals surface area contributed by atoms with Gasteiger partial charge in [-0.15, -0.1) is 0 Å². The Hall–Kier alpha value is 0.194. The third-order valence-corrected chi connectivity index (χ3v) is 16.8. The van der Waals surface area contributed by atoms with E-state index >= 15 is 0 Å². The summed E-state index contributed by atoms with van der Waals surface area (Å²) in [5, 5.41) is 14.6. The van der Waals surface area contributed by atoms with Gasteiger partial charge in [0.15, 0.2) is 22.4 Å². The molecule has 0 aromatic carbocycles. The van der Waals surface area contributed by atoms with Crippen LogP contribution in [0.4, 0.5) is 0 Å². The maximum Gasteiger partial charge on any atom is 0.192 e. The molecule has 0 amide bonds. The molecule has 184 valence electrons. The van der Waals surface area contributed by atoms with Crippen LogP contribution in [0.1, 0.15) is 62.3 Å². The molecule has 0 saturated carbocycles. The van der Waals surface area contributed by atoms with Gasteiger partial charge in [-0.05, 0) is 57.0 Å². The second-order valence-corrected chi connectivity index (χ2v) is 22.6. The number of aliphatic hydroxyl groups excluding tert-OH is 1. The Balaban J connectivity index is 2.26. The molecule has 6 atom stereocenters. The summed E-state index contributed by atoms with van der Waals surface area (Å²) in [5.41, 5.74) is 0. The second kappa shape index (κ2) is 8.76. The number of nitrogens with one attached hydrogen (secondary N) is 1. The predicted molar refractivity (Wildman–Crippen MR) is 131 cm³/mol. The summed E-state index contributed by atoms with van der Waals surface area (Å²) in [5.74, 6) is -0.662. The zero-order valence-corrected chi connectivity index (χ0v) is 24.3. The largest absolute Gasteiger partial charge is 0.415 e. The minimum absolute atomic E-state index is 0.00448. The number of fused-ring (bicyclic) bond motifs is 1. The van der Waals surface area contributed by atoms with E-state index in [9.17, 15) is 5.11 Å². The molecule has 2 aliphatic rings. The van der Waals surface area contributed by atoms with Crippen LogP contribution in [0, 0.1) is 0 Å². The van der Waals surface area contributed by atoms with E-state index in [1.807, 2.05) is 20.8 Å². The summed E-state index contributed by atoms with van der Waals surface area (Å²) in [6.07, 6.45) is -1.31. The molecule has 0 spiro atoms. The number of rotatable bonds is 7. The minimum atomic E-state index is -2.09. The van der Waals surface area contributed by atoms with E-state index in [1.165, 1.54) is 0 Å². The number of aliphatic hydroxyl groups is 1. The Morgan fingerprint density at radius 2 is 1.42 bits per heavy atom. The highest BCUT2D eigenvalue weighted by molar-refractivity contribution is 6.74. The SMILES string of the molecule is CC(O)[C@H](O[Si](C)(C)C(C)(C)C)[C@H]1N[C@H](CO[Si](C)(C)C(C)(C)C)[C@H]2OC(C)(C)O[C@@H]12. The van der Waals surface area contributed by atoms with Gasteiger partial charge >= 0.3 is 0 Å². The van der Waals surface area contributed by atoms with E-state index in [2.05, 4.69) is 73.0 Å². The molecule has 2 heterocycles. The van der Waals surface area contributed by atoms with Crippen LogP contribution in [-0.2, 0) is 18.3 Å². The average molecular weight is 476 g/mol. The molecular formula is C23H49NO5Si2. The van der Waals surface area contributed by atoms with Crippen LogP contribution < -0.4 is 5.32 Å². The van der Waals surface area contributed by atoms with E-state index in [1.54, 1.807) is 0 Å². The van der Waals surface area contributed by atoms with Crippen LogP contribution in [0.5, 0.6) is 0 Å². The molecule has 0 aromatic rings. The molecule has 0 aromatic heterocycles. The van der Waals surface area contributed by atoms with Crippen molar-refractivity contribution in [3.63, 3.8) is 0 Å². The molecule has 2 saturated heterocycles. The highest BCUT2D eigenvalue weighted by Crippen LogP contribution is 2.42. The van der Waals surface area contributed by atoms with E-state index in [0.717, 1.165) is 0 Å². The first kappa shape index (κ1) is 27.4. The molecule has 6 nitrogen and oxygen atoms in total. The fourth-order valence-corrected chi connectivity index (χ4v) is 6.18. The Kier molecular flexibility index (Phi) is 7.76. The molecule has 0 bridgehead atoms. The van der Waals surface area contributed by atoms with Gasteiger partial charge in [-0.2, -0.15) is 0 Å². The van der Waals surface area contributed by atoms with Crippen LogP contribution in [0.25, 0.3) is 0 Å². The molecule has 2 rings (SSSR count). The summed E-state index contributed by atoms with van der Waals surface area (Å²) >= 11 is 0. The summed E-state index contributed by atoms with van der Waals surface area (Å²) in [4.78, 5) is 0. The lowest BCUT2D eigenvalue weighted by molar-refractivity contribution is -0.162. The number of hydrogen-bond acceptors (Lipinski definition) is 6. The third kappa shape index (κ3) is 6.01. The van der Waals surface area contributed by atoms with Gasteiger partial charge in [0.1, 0.15) is 12.2 Å². The zero-order chi connectivity index (χ0) is 24.2. The van der Waals surface area contributed by atoms with Crippen molar-refractivity contribution in [3.8, 4) is 0 Å². The summed E-state index contributed by atoms with van der Waals surface area (Å²) in [6.45, 7) is 28.7. The third-order valence-electron chi connectivity index (χ3n) is 7.82. The fourth-order valence-electron chi connectivity index (χ4n) is 3.77. The van der Waals surface area contributed by atoms with Gasteiger partial charge in [0, 0.05) is 0 Å². The van der Waals surface area contributed by atoms with Crippen molar-refractivity contribution in [2.45, 2.75) is 141 Å². The smallest absolute Gasteiger partial charge is 0.192 e. The lowest BCUT2D eigenvalue weighted by Gasteiger charge is -2.42. The van der Waals surface area contributed by atoms with Gasteiger partial charge in [-0.1, -0.05) is 41.5 Å². The summed E-state index contributed by atoms with van der Waals surface area (Å²) in [7, 11) is -3.99. The van der Waals surface area contributed by atoms with Crippen LogP contribution in [0.3, 0.4) is 0 Å². The lowest BCUT2D eigenvalue weighted by Crippen LogP contribution is -2.57. The number of ether oxygens (including phenoxy) is 2. The van der Waals surface area contributed by atoms with E-state index < -0.39 is 28.5 Å². The first-order chi connectivity index (χ1) is 13.7. The van der Waals surface area contributed by atoms with Crippen LogP contribution in [0.2, 0.25) is 36.3 Å². The second-order valence-electron chi connectivity index (χ2n) is 13.0. The maximum absolute atomic E-state index is 10.7. The van der Waals surface area contributed by atoms with Crippen molar-refractivity contribution in [2.24, 2.45) is 0 Å². The van der Waals surface area contributed by atoms with Gasteiger partial charge < -0.3 is 28.7 Å². The quantitative estimate of drug-likeness (QED) is 0.523. The van der Waals surface area contributed by atoms with Crippen molar-refractivity contribution in [1.29, 1.82) is 0 Å². The maximum atomic E-state index is 10.7. The van der Waals surface area contributed by atoms with Crippen molar-refractivity contribution in [2.75, 3.05) is 6.61 Å². The molecular weight excluding hydrogens is 426 g/mol. The average Bonchev–Trinajstić information content (AvgIpc) is 3.01. The molecule has 0 aliphatic carbocycles. The van der Waals surface area contributed by atoms with Crippen molar-refractivity contribution >= 4 is 16.6 Å². The molecule has 1 unspecified atom stereocenters. The van der Waals surface area contributed by atoms with Crippen molar-refractivity contribution in [3.05, 3.63) is 0 Å². The van der Waals surface area contributed by atoms with Gasteiger partial charge in [-0.3, -0.25) is 0 Å². The van der Waals surface area contributed by atoms with E-state index in [0.29, 0.717) is 6.61 Å². The summed E-state index contributed by atoms with van der Waals surface area (Å²) < 4.78 is 25.9. The normalized spacial score (nSPS) is 31.5. The summed E-state index contributed by atoms with van der Waals surface area (Å²) in [6, 6.07) is -0.163. The van der Waals surface area contributed by atoms with Gasteiger partial charge in [-0.25, -0.2) is 0 Å². The molecule has 2 fully saturated rings. The highest BCUT2D eigenvalue weighted by atomic mass is 28.4. The lowest BCUT2D eigenvalue weighted by atomic mass is 10.0. The van der Waals surface area contributed by atoms with Crippen LogP contribution in [-0.4, -0.2) is 70.6 Å². The number of hydrogen-bond donors (Lipinski definition) is 2. The Morgan fingerprint density at radius 3 is 1.87 bits per heavy atom. The van der Waals surface area contributed by atoms with E-state index in [4.69, 9.17) is 18.3 Å².